The predicted molar refractivity (Wildman–Crippen MR) is 94.3 cm³/mol. The van der Waals surface area contributed by atoms with Crippen LogP contribution in [0.15, 0.2) is 18.3 Å². The van der Waals surface area contributed by atoms with Crippen LogP contribution in [0.4, 0.5) is 11.5 Å². The largest absolute Gasteiger partial charge is 0.481 e. The quantitative estimate of drug-likeness (QED) is 0.737. The molecule has 0 spiro atoms. The first-order chi connectivity index (χ1) is 12.0. The number of carboxylic acids is 1. The third kappa shape index (κ3) is 3.62. The molecule has 134 valence electrons. The maximum atomic E-state index is 11.7. The Bertz CT molecular complexity index is 636. The minimum Gasteiger partial charge on any atom is -0.481 e. The lowest BCUT2D eigenvalue weighted by molar-refractivity contribution is -0.138. The fourth-order valence-corrected chi connectivity index (χ4v) is 5.52. The van der Waals surface area contributed by atoms with Gasteiger partial charge < -0.3 is 15.7 Å². The fraction of sp³-hybridized carbons (Fsp3) is 0.632. The first-order valence-electron chi connectivity index (χ1n) is 9.26. The summed E-state index contributed by atoms with van der Waals surface area (Å²) >= 11 is 0. The van der Waals surface area contributed by atoms with E-state index < -0.39 is 5.97 Å². The monoisotopic (exact) mass is 343 g/mol. The maximum Gasteiger partial charge on any atom is 0.303 e. The number of carbonyl (C=O) groups excluding carboxylic acids is 1. The SMILES string of the molecule is O=C(O)CCC(=O)Nc1ccc(NC23CC4CC(CC(C4)C2)C3)nc1. The molecule has 3 N–H and O–H groups in total. The van der Waals surface area contributed by atoms with E-state index in [0.717, 1.165) is 23.6 Å². The molecule has 0 atom stereocenters. The van der Waals surface area contributed by atoms with E-state index >= 15 is 0 Å². The molecule has 0 saturated heterocycles. The summed E-state index contributed by atoms with van der Waals surface area (Å²) in [6.07, 6.45) is 9.47. The molecular weight excluding hydrogens is 318 g/mol. The number of nitrogens with zero attached hydrogens (tertiary/aromatic N) is 1. The van der Waals surface area contributed by atoms with Gasteiger partial charge in [-0.2, -0.15) is 0 Å². The highest BCUT2D eigenvalue weighted by molar-refractivity contribution is 5.92. The number of rotatable bonds is 6. The fourth-order valence-electron chi connectivity index (χ4n) is 5.52. The average Bonchev–Trinajstić information content (AvgIpc) is 2.53. The van der Waals surface area contributed by atoms with Crippen molar-refractivity contribution >= 4 is 23.4 Å². The predicted octanol–water partition coefficient (Wildman–Crippen LogP) is 3.27. The van der Waals surface area contributed by atoms with Crippen LogP contribution in [-0.4, -0.2) is 27.5 Å². The van der Waals surface area contributed by atoms with Gasteiger partial charge in [-0.3, -0.25) is 9.59 Å². The number of amides is 1. The molecule has 1 aromatic rings. The van der Waals surface area contributed by atoms with Crippen molar-refractivity contribution in [2.24, 2.45) is 17.8 Å². The zero-order valence-corrected chi connectivity index (χ0v) is 14.3. The number of carboxylic acid groups (broad SMARTS) is 1. The van der Waals surface area contributed by atoms with Gasteiger partial charge in [-0.25, -0.2) is 4.98 Å². The van der Waals surface area contributed by atoms with Crippen LogP contribution >= 0.6 is 0 Å². The van der Waals surface area contributed by atoms with Gasteiger partial charge in [-0.1, -0.05) is 0 Å². The minimum absolute atomic E-state index is 0.0252. The van der Waals surface area contributed by atoms with Crippen molar-refractivity contribution in [2.75, 3.05) is 10.6 Å². The Morgan fingerprint density at radius 3 is 2.24 bits per heavy atom. The van der Waals surface area contributed by atoms with Gasteiger partial charge in [-0.15, -0.1) is 0 Å². The van der Waals surface area contributed by atoms with Crippen molar-refractivity contribution in [3.05, 3.63) is 18.3 Å². The summed E-state index contributed by atoms with van der Waals surface area (Å²) < 4.78 is 0. The molecule has 5 rings (SSSR count). The second kappa shape index (κ2) is 6.32. The lowest BCUT2D eigenvalue weighted by atomic mass is 9.53. The van der Waals surface area contributed by atoms with Crippen molar-refractivity contribution in [1.82, 2.24) is 4.98 Å². The topological polar surface area (TPSA) is 91.3 Å². The molecule has 0 aliphatic heterocycles. The highest BCUT2D eigenvalue weighted by atomic mass is 16.4. The van der Waals surface area contributed by atoms with Crippen LogP contribution in [0.1, 0.15) is 51.4 Å². The van der Waals surface area contributed by atoms with Crippen molar-refractivity contribution in [2.45, 2.75) is 56.9 Å². The van der Waals surface area contributed by atoms with E-state index in [1.54, 1.807) is 6.20 Å². The Balaban J connectivity index is 1.36. The van der Waals surface area contributed by atoms with Gasteiger partial charge in [0.1, 0.15) is 5.82 Å². The molecule has 6 heteroatoms. The summed E-state index contributed by atoms with van der Waals surface area (Å²) in [5, 5.41) is 15.0. The van der Waals surface area contributed by atoms with Crippen molar-refractivity contribution in [3.8, 4) is 0 Å². The van der Waals surface area contributed by atoms with Crippen LogP contribution in [0.3, 0.4) is 0 Å². The van der Waals surface area contributed by atoms with Gasteiger partial charge in [0.15, 0.2) is 0 Å². The summed E-state index contributed by atoms with van der Waals surface area (Å²) in [4.78, 5) is 26.6. The second-order valence-electron chi connectivity index (χ2n) is 8.20. The summed E-state index contributed by atoms with van der Waals surface area (Å²) in [6.45, 7) is 0. The first kappa shape index (κ1) is 16.4. The Morgan fingerprint density at radius 1 is 1.08 bits per heavy atom. The Hall–Kier alpha value is -2.11. The standard InChI is InChI=1S/C19H25N3O3/c23-17(3-4-18(24)25)21-15-1-2-16(20-11-15)22-19-8-12-5-13(9-19)7-14(6-12)10-19/h1-2,11-14H,3-10H2,(H,20,22)(H,21,23)(H,24,25). The Labute approximate surface area is 147 Å². The van der Waals surface area contributed by atoms with E-state index in [4.69, 9.17) is 5.11 Å². The van der Waals surface area contributed by atoms with Gasteiger partial charge in [0, 0.05) is 12.0 Å². The van der Waals surface area contributed by atoms with E-state index in [9.17, 15) is 9.59 Å². The third-order valence-electron chi connectivity index (χ3n) is 6.04. The Kier molecular flexibility index (Phi) is 4.13. The highest BCUT2D eigenvalue weighted by Crippen LogP contribution is 2.56. The minimum atomic E-state index is -0.969. The van der Waals surface area contributed by atoms with Gasteiger partial charge in [0.25, 0.3) is 0 Å². The normalized spacial score (nSPS) is 32.4. The molecule has 4 fully saturated rings. The van der Waals surface area contributed by atoms with Crippen molar-refractivity contribution in [1.29, 1.82) is 0 Å². The number of pyridine rings is 1. The molecule has 1 amide bonds. The van der Waals surface area contributed by atoms with Gasteiger partial charge in [-0.05, 0) is 68.4 Å². The van der Waals surface area contributed by atoms with Gasteiger partial charge in [0.05, 0.1) is 18.3 Å². The number of nitrogens with one attached hydrogen (secondary N) is 2. The number of hydrogen-bond donors (Lipinski definition) is 3. The van der Waals surface area contributed by atoms with E-state index in [1.807, 2.05) is 12.1 Å². The van der Waals surface area contributed by atoms with E-state index in [-0.39, 0.29) is 24.3 Å². The van der Waals surface area contributed by atoms with Gasteiger partial charge >= 0.3 is 5.97 Å². The van der Waals surface area contributed by atoms with Gasteiger partial charge in [0.2, 0.25) is 5.91 Å². The molecule has 4 aliphatic rings. The van der Waals surface area contributed by atoms with Crippen LogP contribution in [-0.2, 0) is 9.59 Å². The highest BCUT2D eigenvalue weighted by Gasteiger charge is 2.51. The molecule has 0 aromatic carbocycles. The Morgan fingerprint density at radius 2 is 1.72 bits per heavy atom. The zero-order valence-electron chi connectivity index (χ0n) is 14.3. The summed E-state index contributed by atoms with van der Waals surface area (Å²) in [7, 11) is 0. The zero-order chi connectivity index (χ0) is 17.4. The number of aromatic nitrogens is 1. The first-order valence-corrected chi connectivity index (χ1v) is 9.26. The molecule has 4 aliphatic carbocycles. The van der Waals surface area contributed by atoms with E-state index in [1.165, 1.54) is 38.5 Å². The maximum absolute atomic E-state index is 11.7. The third-order valence-corrected chi connectivity index (χ3v) is 6.04. The molecule has 0 unspecified atom stereocenters. The number of carbonyl (C=O) groups is 2. The van der Waals surface area contributed by atoms with Crippen molar-refractivity contribution in [3.63, 3.8) is 0 Å². The van der Waals surface area contributed by atoms with Crippen LogP contribution in [0, 0.1) is 17.8 Å². The molecule has 0 radical (unpaired) electrons. The summed E-state index contributed by atoms with van der Waals surface area (Å²) in [5.74, 6) is 2.24. The molecule has 4 saturated carbocycles. The lowest BCUT2D eigenvalue weighted by Crippen LogP contribution is -2.54. The molecule has 25 heavy (non-hydrogen) atoms. The number of aliphatic carboxylic acids is 1. The lowest BCUT2D eigenvalue weighted by Gasteiger charge is -2.57. The molecule has 1 aromatic heterocycles. The summed E-state index contributed by atoms with van der Waals surface area (Å²) in [5.41, 5.74) is 0.819. The number of hydrogen-bond acceptors (Lipinski definition) is 4. The van der Waals surface area contributed by atoms with Crippen molar-refractivity contribution < 1.29 is 14.7 Å². The van der Waals surface area contributed by atoms with Crippen LogP contribution < -0.4 is 10.6 Å². The summed E-state index contributed by atoms with van der Waals surface area (Å²) in [6, 6.07) is 3.74. The van der Waals surface area contributed by atoms with Crippen LogP contribution in [0.2, 0.25) is 0 Å². The van der Waals surface area contributed by atoms with E-state index in [0.29, 0.717) is 5.69 Å². The average molecular weight is 343 g/mol. The van der Waals surface area contributed by atoms with Crippen LogP contribution in [0.25, 0.3) is 0 Å². The molecule has 4 bridgehead atoms. The van der Waals surface area contributed by atoms with E-state index in [2.05, 4.69) is 15.6 Å². The molecular formula is C19H25N3O3. The molecule has 6 nitrogen and oxygen atoms in total. The second-order valence-corrected chi connectivity index (χ2v) is 8.20. The van der Waals surface area contributed by atoms with Crippen LogP contribution in [0.5, 0.6) is 0 Å². The smallest absolute Gasteiger partial charge is 0.303 e. The molecule has 1 heterocycles. The number of anilines is 2.